The molecule has 0 aromatic heterocycles. The maximum Gasteiger partial charge on any atom is 0.232 e. The van der Waals surface area contributed by atoms with Crippen LogP contribution in [-0.4, -0.2) is 39.8 Å². The van der Waals surface area contributed by atoms with Crippen molar-refractivity contribution in [3.05, 3.63) is 59.1 Å². The summed E-state index contributed by atoms with van der Waals surface area (Å²) in [6.07, 6.45) is 1.76. The second-order valence-electron chi connectivity index (χ2n) is 6.96. The molecule has 2 aromatic carbocycles. The molecule has 0 aliphatic heterocycles. The van der Waals surface area contributed by atoms with Crippen molar-refractivity contribution in [3.8, 4) is 5.75 Å². The van der Waals surface area contributed by atoms with E-state index < -0.39 is 10.0 Å². The molecule has 2 rings (SSSR count). The summed E-state index contributed by atoms with van der Waals surface area (Å²) >= 11 is 5.87. The van der Waals surface area contributed by atoms with Crippen molar-refractivity contribution < 1.29 is 17.9 Å². The Bertz CT molecular complexity index is 917. The molecule has 29 heavy (non-hydrogen) atoms. The molecule has 0 spiro atoms. The van der Waals surface area contributed by atoms with Gasteiger partial charge >= 0.3 is 0 Å². The lowest BCUT2D eigenvalue weighted by Gasteiger charge is -2.22. The molecule has 0 aliphatic rings. The van der Waals surface area contributed by atoms with Gasteiger partial charge in [0.1, 0.15) is 12.4 Å². The van der Waals surface area contributed by atoms with E-state index in [1.165, 1.54) is 4.31 Å². The van der Waals surface area contributed by atoms with Gasteiger partial charge in [0.15, 0.2) is 0 Å². The smallest absolute Gasteiger partial charge is 0.232 e. The molecule has 0 aliphatic carbocycles. The first-order chi connectivity index (χ1) is 13.7. The number of nitrogens with one attached hydrogen (secondary N) is 1. The summed E-state index contributed by atoms with van der Waals surface area (Å²) in [5.41, 5.74) is 1.56. The normalized spacial score (nSPS) is 12.3. The largest absolute Gasteiger partial charge is 0.491 e. The lowest BCUT2D eigenvalue weighted by atomic mass is 10.2. The molecule has 8 heteroatoms. The van der Waals surface area contributed by atoms with Crippen LogP contribution in [0.3, 0.4) is 0 Å². The van der Waals surface area contributed by atoms with Gasteiger partial charge in [-0.1, -0.05) is 29.8 Å². The Labute approximate surface area is 177 Å². The van der Waals surface area contributed by atoms with Gasteiger partial charge < -0.3 is 10.1 Å². The van der Waals surface area contributed by atoms with Gasteiger partial charge in [-0.15, -0.1) is 0 Å². The predicted octanol–water partition coefficient (Wildman–Crippen LogP) is 3.78. The second-order valence-corrected chi connectivity index (χ2v) is 9.30. The fourth-order valence-corrected chi connectivity index (χ4v) is 3.89. The van der Waals surface area contributed by atoms with Crippen molar-refractivity contribution in [2.45, 2.75) is 32.7 Å². The van der Waals surface area contributed by atoms with Gasteiger partial charge in [0.25, 0.3) is 0 Å². The molecular weight excluding hydrogens is 412 g/mol. The fraction of sp³-hybridized carbons (Fsp3) is 0.381. The Morgan fingerprint density at radius 2 is 1.83 bits per heavy atom. The second kappa shape index (κ2) is 10.5. The average Bonchev–Trinajstić information content (AvgIpc) is 2.64. The van der Waals surface area contributed by atoms with E-state index >= 15 is 0 Å². The number of nitrogens with zero attached hydrogens (tertiary/aromatic N) is 1. The van der Waals surface area contributed by atoms with Crippen LogP contribution < -0.4 is 14.4 Å². The highest BCUT2D eigenvalue weighted by molar-refractivity contribution is 7.92. The van der Waals surface area contributed by atoms with E-state index in [0.29, 0.717) is 23.7 Å². The number of halogens is 1. The third kappa shape index (κ3) is 7.59. The highest BCUT2D eigenvalue weighted by atomic mass is 35.5. The molecule has 0 bridgehead atoms. The van der Waals surface area contributed by atoms with Crippen LogP contribution >= 0.6 is 11.6 Å². The predicted molar refractivity (Wildman–Crippen MR) is 117 cm³/mol. The Morgan fingerprint density at radius 3 is 2.45 bits per heavy atom. The molecule has 1 amide bonds. The Morgan fingerprint density at radius 1 is 1.17 bits per heavy atom. The van der Waals surface area contributed by atoms with Crippen LogP contribution in [0.25, 0.3) is 0 Å². The first-order valence-electron chi connectivity index (χ1n) is 9.38. The molecule has 6 nitrogen and oxygen atoms in total. The lowest BCUT2D eigenvalue weighted by Crippen LogP contribution is -2.37. The zero-order valence-corrected chi connectivity index (χ0v) is 18.5. The van der Waals surface area contributed by atoms with E-state index in [-0.39, 0.29) is 24.9 Å². The first kappa shape index (κ1) is 23.0. The number of carbonyl (C=O) groups excluding carboxylic acids is 1. The number of sulfonamides is 1. The number of hydrogen-bond acceptors (Lipinski definition) is 4. The highest BCUT2D eigenvalue weighted by Gasteiger charge is 2.18. The maximum atomic E-state index is 12.2. The van der Waals surface area contributed by atoms with Gasteiger partial charge in [0.05, 0.1) is 18.0 Å². The van der Waals surface area contributed by atoms with E-state index in [1.54, 1.807) is 24.3 Å². The Kier molecular flexibility index (Phi) is 8.34. The summed E-state index contributed by atoms with van der Waals surface area (Å²) in [4.78, 5) is 12.2. The van der Waals surface area contributed by atoms with E-state index in [1.807, 2.05) is 38.1 Å². The molecular formula is C21H27ClN2O4S. The van der Waals surface area contributed by atoms with Crippen molar-refractivity contribution in [1.29, 1.82) is 0 Å². The van der Waals surface area contributed by atoms with Crippen molar-refractivity contribution >= 4 is 33.2 Å². The average molecular weight is 439 g/mol. The number of ether oxygens (including phenoxy) is 1. The molecule has 1 atom stereocenters. The van der Waals surface area contributed by atoms with Crippen LogP contribution in [0.15, 0.2) is 48.5 Å². The molecule has 0 heterocycles. The van der Waals surface area contributed by atoms with Crippen LogP contribution in [0.4, 0.5) is 5.69 Å². The van der Waals surface area contributed by atoms with E-state index in [9.17, 15) is 13.2 Å². The SMILES string of the molecule is Cc1ccccc1OCC(C)NC(=O)CCCN(c1ccc(Cl)cc1)S(C)(=O)=O. The zero-order valence-electron chi connectivity index (χ0n) is 16.9. The number of benzene rings is 2. The van der Waals surface area contributed by atoms with Gasteiger partial charge in [0, 0.05) is 18.0 Å². The molecule has 1 N–H and O–H groups in total. The summed E-state index contributed by atoms with van der Waals surface area (Å²) in [5, 5.41) is 3.41. The highest BCUT2D eigenvalue weighted by Crippen LogP contribution is 2.21. The number of amides is 1. The first-order valence-corrected chi connectivity index (χ1v) is 11.6. The molecule has 158 valence electrons. The molecule has 0 radical (unpaired) electrons. The van der Waals surface area contributed by atoms with Crippen LogP contribution in [0.2, 0.25) is 5.02 Å². The topological polar surface area (TPSA) is 75.7 Å². The summed E-state index contributed by atoms with van der Waals surface area (Å²) in [7, 11) is -3.46. The molecule has 2 aromatic rings. The Balaban J connectivity index is 1.81. The zero-order chi connectivity index (χ0) is 21.4. The molecule has 1 unspecified atom stereocenters. The standard InChI is InChI=1S/C21H27ClN2O4S/c1-16-7-4-5-8-20(16)28-15-17(2)23-21(25)9-6-14-24(29(3,26)27)19-12-10-18(22)11-13-19/h4-5,7-8,10-13,17H,6,9,14-15H2,1-3H3,(H,23,25). The van der Waals surface area contributed by atoms with Crippen LogP contribution in [0.5, 0.6) is 5.75 Å². The summed E-state index contributed by atoms with van der Waals surface area (Å²) in [6, 6.07) is 14.1. The summed E-state index contributed by atoms with van der Waals surface area (Å²) in [6.45, 7) is 4.40. The van der Waals surface area contributed by atoms with Gasteiger partial charge in [-0.05, 0) is 56.2 Å². The monoisotopic (exact) mass is 438 g/mol. The number of anilines is 1. The van der Waals surface area contributed by atoms with Crippen molar-refractivity contribution in [2.75, 3.05) is 23.7 Å². The van der Waals surface area contributed by atoms with Gasteiger partial charge in [-0.3, -0.25) is 9.10 Å². The number of aryl methyl sites for hydroxylation is 1. The number of rotatable bonds is 10. The summed E-state index contributed by atoms with van der Waals surface area (Å²) < 4.78 is 31.2. The quantitative estimate of drug-likeness (QED) is 0.612. The van der Waals surface area contributed by atoms with Crippen LogP contribution in [0.1, 0.15) is 25.3 Å². The number of hydrogen-bond donors (Lipinski definition) is 1. The number of para-hydroxylation sites is 1. The van der Waals surface area contributed by atoms with Crippen LogP contribution in [-0.2, 0) is 14.8 Å². The lowest BCUT2D eigenvalue weighted by molar-refractivity contribution is -0.121. The minimum absolute atomic E-state index is 0.143. The third-order valence-electron chi connectivity index (χ3n) is 4.27. The van der Waals surface area contributed by atoms with E-state index in [2.05, 4.69) is 5.32 Å². The van der Waals surface area contributed by atoms with Crippen molar-refractivity contribution in [2.24, 2.45) is 0 Å². The van der Waals surface area contributed by atoms with Gasteiger partial charge in [-0.2, -0.15) is 0 Å². The van der Waals surface area contributed by atoms with Gasteiger partial charge in [-0.25, -0.2) is 8.42 Å². The molecule has 0 saturated carbocycles. The Hall–Kier alpha value is -2.25. The minimum atomic E-state index is -3.46. The van der Waals surface area contributed by atoms with Crippen molar-refractivity contribution in [3.63, 3.8) is 0 Å². The van der Waals surface area contributed by atoms with Crippen molar-refractivity contribution in [1.82, 2.24) is 5.32 Å². The molecule has 0 saturated heterocycles. The fourth-order valence-electron chi connectivity index (χ4n) is 2.80. The summed E-state index contributed by atoms with van der Waals surface area (Å²) in [5.74, 6) is 0.649. The van der Waals surface area contributed by atoms with Gasteiger partial charge in [0.2, 0.25) is 15.9 Å². The molecule has 0 fully saturated rings. The number of carbonyl (C=O) groups is 1. The third-order valence-corrected chi connectivity index (χ3v) is 5.72. The maximum absolute atomic E-state index is 12.2. The van der Waals surface area contributed by atoms with E-state index in [4.69, 9.17) is 16.3 Å². The minimum Gasteiger partial charge on any atom is -0.491 e. The van der Waals surface area contributed by atoms with Crippen LogP contribution in [0, 0.1) is 6.92 Å². The van der Waals surface area contributed by atoms with E-state index in [0.717, 1.165) is 17.6 Å².